The molecule has 3 heterocycles. The molecule has 2 aromatic heterocycles. The van der Waals surface area contributed by atoms with Gasteiger partial charge in [-0.3, -0.25) is 14.7 Å². The summed E-state index contributed by atoms with van der Waals surface area (Å²) in [7, 11) is 0. The molecule has 0 radical (unpaired) electrons. The Kier molecular flexibility index (Phi) is 12.4. The van der Waals surface area contributed by atoms with Gasteiger partial charge in [0.2, 0.25) is 5.91 Å². The van der Waals surface area contributed by atoms with Crippen molar-refractivity contribution in [2.24, 2.45) is 0 Å². The van der Waals surface area contributed by atoms with Gasteiger partial charge in [0.1, 0.15) is 46.6 Å². The maximum Gasteiger partial charge on any atom is 0.411 e. The zero-order chi connectivity index (χ0) is 41.8. The number of morpholine rings is 1. The third-order valence-corrected chi connectivity index (χ3v) is 9.34. The summed E-state index contributed by atoms with van der Waals surface area (Å²) in [5.41, 5.74) is 0.799. The number of hydrogen-bond acceptors (Lipinski definition) is 8. The largest absolute Gasteiger partial charge is 0.444 e. The zero-order valence-electron chi connectivity index (χ0n) is 33.1. The molecular weight excluding hydrogens is 754 g/mol. The summed E-state index contributed by atoms with van der Waals surface area (Å²) in [6.07, 6.45) is 0.538. The van der Waals surface area contributed by atoms with E-state index in [1.807, 2.05) is 24.3 Å². The average molecular weight is 801 g/mol. The van der Waals surface area contributed by atoms with Crippen molar-refractivity contribution in [1.29, 1.82) is 0 Å². The highest BCUT2D eigenvalue weighted by Crippen LogP contribution is 2.33. The molecular formula is C43H47F3N6O6. The highest BCUT2D eigenvalue weighted by Gasteiger charge is 2.38. The number of carbonyl (C=O) groups excluding carboxylic acids is 3. The molecule has 1 saturated heterocycles. The van der Waals surface area contributed by atoms with E-state index in [9.17, 15) is 23.2 Å². The van der Waals surface area contributed by atoms with Gasteiger partial charge in [-0.05, 0) is 102 Å². The highest BCUT2D eigenvalue weighted by molar-refractivity contribution is 5.98. The summed E-state index contributed by atoms with van der Waals surface area (Å²) < 4.78 is 61.4. The Morgan fingerprint density at radius 2 is 1.50 bits per heavy atom. The average Bonchev–Trinajstić information content (AvgIpc) is 3.58. The minimum Gasteiger partial charge on any atom is -0.444 e. The number of imidazole rings is 1. The number of pyridine rings is 1. The Labute approximate surface area is 334 Å². The number of fused-ring (bicyclic) bond motifs is 1. The molecule has 12 nitrogen and oxygen atoms in total. The number of benzene rings is 3. The number of alkyl carbamates (subject to hydrolysis) is 1. The SMILES string of the molecule is CC(C)(C)OC(=O)NC(C(=O)Nc1cncc(F)c1CC[C@@H]1CN(C(=O)OC(C)(C)C)[C@H](c2nc3ccccc3[nH]2)CO1)C(c1ccc(F)cc1)c1ccc(F)cc1. The number of H-pyrrole nitrogens is 1. The fourth-order valence-corrected chi connectivity index (χ4v) is 6.76. The molecule has 58 heavy (non-hydrogen) atoms. The van der Waals surface area contributed by atoms with E-state index >= 15 is 4.39 Å². The molecule has 15 heteroatoms. The van der Waals surface area contributed by atoms with Crippen molar-refractivity contribution in [2.75, 3.05) is 18.5 Å². The number of anilines is 1. The van der Waals surface area contributed by atoms with Crippen LogP contribution in [0.1, 0.15) is 82.4 Å². The third kappa shape index (κ3) is 10.5. The van der Waals surface area contributed by atoms with E-state index in [0.29, 0.717) is 17.0 Å². The molecule has 306 valence electrons. The lowest BCUT2D eigenvalue weighted by atomic mass is 9.84. The number of rotatable bonds is 10. The molecule has 0 bridgehead atoms. The van der Waals surface area contributed by atoms with Crippen molar-refractivity contribution >= 4 is 34.8 Å². The van der Waals surface area contributed by atoms with Crippen molar-refractivity contribution < 1.29 is 41.8 Å². The lowest BCUT2D eigenvalue weighted by Gasteiger charge is -2.39. The van der Waals surface area contributed by atoms with E-state index in [-0.39, 0.29) is 37.2 Å². The molecule has 3 aromatic carbocycles. The van der Waals surface area contributed by atoms with Crippen molar-refractivity contribution in [2.45, 2.75) is 89.7 Å². The summed E-state index contributed by atoms with van der Waals surface area (Å²) in [5, 5.41) is 5.39. The van der Waals surface area contributed by atoms with Crippen LogP contribution in [0.3, 0.4) is 0 Å². The van der Waals surface area contributed by atoms with Gasteiger partial charge < -0.3 is 29.8 Å². The summed E-state index contributed by atoms with van der Waals surface area (Å²) >= 11 is 0. The number of carbonyl (C=O) groups is 3. The van der Waals surface area contributed by atoms with Gasteiger partial charge in [-0.2, -0.15) is 0 Å². The Balaban J connectivity index is 1.26. The first-order valence-electron chi connectivity index (χ1n) is 18.9. The fourth-order valence-electron chi connectivity index (χ4n) is 6.76. The molecule has 3 amide bonds. The number of nitrogens with one attached hydrogen (secondary N) is 3. The van der Waals surface area contributed by atoms with Gasteiger partial charge in [-0.1, -0.05) is 36.4 Å². The van der Waals surface area contributed by atoms with E-state index in [0.717, 1.165) is 17.2 Å². The number of para-hydroxylation sites is 2. The Morgan fingerprint density at radius 1 is 0.879 bits per heavy atom. The standard InChI is InChI=1S/C43H47F3N6O6/c1-42(2,3)57-40(54)51-37(36(25-11-15-27(44)16-12-25)26-13-17-28(45)18-14-26)39(53)50-34-22-47-21-31(46)30(34)20-19-29-23-52(41(55)58-43(4,5)6)35(24-56-29)38-48-32-9-7-8-10-33(32)49-38/h7-18,21-22,29,35-37H,19-20,23-24H2,1-6H3,(H,48,49)(H,50,53)(H,51,54)/t29-,35+,37?/m1/s1. The number of nitrogens with zero attached hydrogens (tertiary/aromatic N) is 3. The predicted octanol–water partition coefficient (Wildman–Crippen LogP) is 8.35. The maximum absolute atomic E-state index is 15.7. The first-order valence-corrected chi connectivity index (χ1v) is 18.9. The van der Waals surface area contributed by atoms with Crippen molar-refractivity contribution in [3.05, 3.63) is 125 Å². The van der Waals surface area contributed by atoms with Gasteiger partial charge in [0.15, 0.2) is 0 Å². The molecule has 3 N–H and O–H groups in total. The van der Waals surface area contributed by atoms with Crippen molar-refractivity contribution in [3.8, 4) is 0 Å². The van der Waals surface area contributed by atoms with E-state index < -0.39 is 70.9 Å². The van der Waals surface area contributed by atoms with Gasteiger partial charge in [0, 0.05) is 11.5 Å². The zero-order valence-corrected chi connectivity index (χ0v) is 33.1. The molecule has 1 aliphatic rings. The Bertz CT molecular complexity index is 2160. The van der Waals surface area contributed by atoms with Crippen LogP contribution in [0.25, 0.3) is 11.0 Å². The second kappa shape index (κ2) is 17.3. The van der Waals surface area contributed by atoms with Crippen LogP contribution in [0.5, 0.6) is 0 Å². The lowest BCUT2D eigenvalue weighted by molar-refractivity contribution is -0.118. The normalized spacial score (nSPS) is 16.6. The Hall–Kier alpha value is -5.96. The molecule has 0 aliphatic carbocycles. The second-order valence-corrected chi connectivity index (χ2v) is 16.1. The van der Waals surface area contributed by atoms with Crippen LogP contribution in [0.4, 0.5) is 28.4 Å². The number of aromatic nitrogens is 3. The minimum atomic E-state index is -1.43. The Morgan fingerprint density at radius 3 is 2.10 bits per heavy atom. The lowest BCUT2D eigenvalue weighted by Crippen LogP contribution is -2.50. The van der Waals surface area contributed by atoms with Gasteiger partial charge in [-0.15, -0.1) is 0 Å². The quantitative estimate of drug-likeness (QED) is 0.128. The first kappa shape index (κ1) is 41.7. The van der Waals surface area contributed by atoms with Crippen molar-refractivity contribution in [3.63, 3.8) is 0 Å². The van der Waals surface area contributed by atoms with Gasteiger partial charge in [-0.25, -0.2) is 27.7 Å². The molecule has 5 aromatic rings. The van der Waals surface area contributed by atoms with Gasteiger partial charge >= 0.3 is 12.2 Å². The summed E-state index contributed by atoms with van der Waals surface area (Å²) in [5.74, 6) is -2.99. The number of ether oxygens (including phenoxy) is 3. The van der Waals surface area contributed by atoms with E-state index in [1.54, 1.807) is 46.4 Å². The van der Waals surface area contributed by atoms with Crippen molar-refractivity contribution in [1.82, 2.24) is 25.2 Å². The van der Waals surface area contributed by atoms with Crippen LogP contribution in [-0.2, 0) is 25.4 Å². The summed E-state index contributed by atoms with van der Waals surface area (Å²) in [6, 6.07) is 16.1. The first-order chi connectivity index (χ1) is 27.4. The molecule has 3 atom stereocenters. The van der Waals surface area contributed by atoms with Gasteiger partial charge in [0.05, 0.1) is 48.4 Å². The molecule has 1 fully saturated rings. The van der Waals surface area contributed by atoms with Crippen LogP contribution >= 0.6 is 0 Å². The predicted molar refractivity (Wildman–Crippen MR) is 210 cm³/mol. The number of amides is 3. The van der Waals surface area contributed by atoms with Crippen LogP contribution in [0.2, 0.25) is 0 Å². The fraction of sp³-hybridized carbons (Fsp3) is 0.372. The molecule has 0 spiro atoms. The van der Waals surface area contributed by atoms with E-state index in [1.165, 1.54) is 54.7 Å². The monoisotopic (exact) mass is 800 g/mol. The van der Waals surface area contributed by atoms with Crippen LogP contribution < -0.4 is 10.6 Å². The number of halogens is 3. The third-order valence-electron chi connectivity index (χ3n) is 9.34. The smallest absolute Gasteiger partial charge is 0.411 e. The molecule has 6 rings (SSSR count). The molecule has 0 saturated carbocycles. The number of aromatic amines is 1. The van der Waals surface area contributed by atoms with Crippen LogP contribution in [0, 0.1) is 17.5 Å². The highest BCUT2D eigenvalue weighted by atomic mass is 19.1. The molecule has 1 aliphatic heterocycles. The summed E-state index contributed by atoms with van der Waals surface area (Å²) in [6.45, 7) is 10.5. The van der Waals surface area contributed by atoms with Gasteiger partial charge in [0.25, 0.3) is 0 Å². The molecule has 1 unspecified atom stereocenters. The summed E-state index contributed by atoms with van der Waals surface area (Å²) in [4.78, 5) is 54.7. The van der Waals surface area contributed by atoms with Crippen LogP contribution in [0.15, 0.2) is 85.2 Å². The maximum atomic E-state index is 15.7. The second-order valence-electron chi connectivity index (χ2n) is 16.1. The topological polar surface area (TPSA) is 148 Å². The number of hydrogen-bond donors (Lipinski definition) is 3. The van der Waals surface area contributed by atoms with E-state index in [4.69, 9.17) is 19.2 Å². The van der Waals surface area contributed by atoms with E-state index in [2.05, 4.69) is 20.6 Å². The van der Waals surface area contributed by atoms with Crippen LogP contribution in [-0.4, -0.2) is 74.4 Å². The minimum absolute atomic E-state index is 0.0258.